The summed E-state index contributed by atoms with van der Waals surface area (Å²) in [5.41, 5.74) is 2.47. The van der Waals surface area contributed by atoms with E-state index in [1.165, 1.54) is 11.7 Å². The molecule has 0 unspecified atom stereocenters. The van der Waals surface area contributed by atoms with Crippen LogP contribution in [0.25, 0.3) is 5.52 Å². The largest absolute Gasteiger partial charge is 0.468 e. The van der Waals surface area contributed by atoms with Crippen LogP contribution in [0.3, 0.4) is 0 Å². The molecule has 0 bridgehead atoms. The van der Waals surface area contributed by atoms with Crippen LogP contribution in [0, 0.1) is 0 Å². The van der Waals surface area contributed by atoms with Crippen molar-refractivity contribution in [2.45, 2.75) is 32.2 Å². The van der Waals surface area contributed by atoms with Crippen LogP contribution in [0.4, 0.5) is 0 Å². The van der Waals surface area contributed by atoms with Crippen LogP contribution >= 0.6 is 0 Å². The SMILES string of the molecule is COC(=O)Cn1ccn2nc3c(c2c1=O)CCCC3. The third kappa shape index (κ3) is 1.93. The lowest BCUT2D eigenvalue weighted by molar-refractivity contribution is -0.141. The summed E-state index contributed by atoms with van der Waals surface area (Å²) < 4.78 is 7.60. The van der Waals surface area contributed by atoms with Crippen molar-refractivity contribution >= 4 is 11.5 Å². The number of aryl methyl sites for hydroxylation is 2. The molecule has 2 heterocycles. The average molecular weight is 261 g/mol. The molecular weight excluding hydrogens is 246 g/mol. The maximum Gasteiger partial charge on any atom is 0.325 e. The van der Waals surface area contributed by atoms with E-state index in [0.29, 0.717) is 5.52 Å². The van der Waals surface area contributed by atoms with E-state index in [-0.39, 0.29) is 12.1 Å². The fraction of sp³-hybridized carbons (Fsp3) is 0.462. The zero-order valence-corrected chi connectivity index (χ0v) is 10.8. The standard InChI is InChI=1S/C13H15N3O3/c1-19-11(17)8-15-6-7-16-12(13(15)18)9-4-2-3-5-10(9)14-16/h6-7H,2-5,8H2,1H3. The van der Waals surface area contributed by atoms with Gasteiger partial charge >= 0.3 is 5.97 Å². The van der Waals surface area contributed by atoms with E-state index >= 15 is 0 Å². The smallest absolute Gasteiger partial charge is 0.325 e. The molecule has 6 heteroatoms. The van der Waals surface area contributed by atoms with Crippen molar-refractivity contribution in [2.75, 3.05) is 7.11 Å². The summed E-state index contributed by atoms with van der Waals surface area (Å²) in [4.78, 5) is 23.7. The number of fused-ring (bicyclic) bond motifs is 3. The van der Waals surface area contributed by atoms with Gasteiger partial charge in [0, 0.05) is 18.0 Å². The average Bonchev–Trinajstić information content (AvgIpc) is 2.81. The Balaban J connectivity index is 2.15. The lowest BCUT2D eigenvalue weighted by atomic mass is 9.97. The molecule has 1 aliphatic rings. The molecule has 0 saturated carbocycles. The predicted octanol–water partition coefficient (Wildman–Crippen LogP) is 0.548. The molecule has 0 N–H and O–H groups in total. The van der Waals surface area contributed by atoms with Gasteiger partial charge in [-0.15, -0.1) is 0 Å². The van der Waals surface area contributed by atoms with Gasteiger partial charge < -0.3 is 9.30 Å². The van der Waals surface area contributed by atoms with Crippen molar-refractivity contribution in [3.63, 3.8) is 0 Å². The van der Waals surface area contributed by atoms with Crippen LogP contribution in [0.15, 0.2) is 17.2 Å². The fourth-order valence-corrected chi connectivity index (χ4v) is 2.58. The summed E-state index contributed by atoms with van der Waals surface area (Å²) in [6, 6.07) is 0. The number of hydrogen-bond acceptors (Lipinski definition) is 4. The Morgan fingerprint density at radius 1 is 1.37 bits per heavy atom. The van der Waals surface area contributed by atoms with Crippen LogP contribution in [-0.2, 0) is 28.9 Å². The molecule has 100 valence electrons. The van der Waals surface area contributed by atoms with Gasteiger partial charge in [0.2, 0.25) is 0 Å². The highest BCUT2D eigenvalue weighted by molar-refractivity contribution is 5.69. The Labute approximate surface area is 109 Å². The maximum atomic E-state index is 12.4. The third-order valence-corrected chi connectivity index (χ3v) is 3.56. The molecule has 2 aromatic heterocycles. The zero-order valence-electron chi connectivity index (χ0n) is 10.8. The van der Waals surface area contributed by atoms with E-state index in [9.17, 15) is 9.59 Å². The summed E-state index contributed by atoms with van der Waals surface area (Å²) in [5, 5.41) is 4.44. The number of hydrogen-bond donors (Lipinski definition) is 0. The molecule has 0 atom stereocenters. The van der Waals surface area contributed by atoms with Crippen molar-refractivity contribution in [1.29, 1.82) is 0 Å². The van der Waals surface area contributed by atoms with Crippen LogP contribution < -0.4 is 5.56 Å². The molecule has 0 saturated heterocycles. The Kier molecular flexibility index (Phi) is 2.85. The minimum atomic E-state index is -0.431. The summed E-state index contributed by atoms with van der Waals surface area (Å²) in [6.07, 6.45) is 7.30. The highest BCUT2D eigenvalue weighted by Gasteiger charge is 2.19. The van der Waals surface area contributed by atoms with E-state index in [1.54, 1.807) is 16.9 Å². The first-order valence-corrected chi connectivity index (χ1v) is 6.37. The minimum Gasteiger partial charge on any atom is -0.468 e. The summed E-state index contributed by atoms with van der Waals surface area (Å²) in [5.74, 6) is -0.431. The molecule has 0 amide bonds. The second kappa shape index (κ2) is 4.53. The van der Waals surface area contributed by atoms with Gasteiger partial charge in [0.05, 0.1) is 12.8 Å². The van der Waals surface area contributed by atoms with Gasteiger partial charge in [0.1, 0.15) is 12.1 Å². The molecule has 0 aliphatic heterocycles. The van der Waals surface area contributed by atoms with Gasteiger partial charge in [0.15, 0.2) is 0 Å². The van der Waals surface area contributed by atoms with Crippen LogP contribution in [0.1, 0.15) is 24.1 Å². The molecule has 2 aromatic rings. The normalized spacial score (nSPS) is 14.4. The minimum absolute atomic E-state index is 0.0637. The fourth-order valence-electron chi connectivity index (χ4n) is 2.58. The highest BCUT2D eigenvalue weighted by Crippen LogP contribution is 2.22. The first-order chi connectivity index (χ1) is 9.20. The number of esters is 1. The second-order valence-electron chi connectivity index (χ2n) is 4.73. The summed E-state index contributed by atoms with van der Waals surface area (Å²) >= 11 is 0. The van der Waals surface area contributed by atoms with Gasteiger partial charge in [0.25, 0.3) is 5.56 Å². The van der Waals surface area contributed by atoms with Gasteiger partial charge in [-0.05, 0) is 25.7 Å². The molecule has 0 fully saturated rings. The molecular formula is C13H15N3O3. The van der Waals surface area contributed by atoms with Crippen molar-refractivity contribution in [1.82, 2.24) is 14.2 Å². The molecule has 1 aliphatic carbocycles. The number of nitrogens with zero attached hydrogens (tertiary/aromatic N) is 3. The summed E-state index contributed by atoms with van der Waals surface area (Å²) in [7, 11) is 1.31. The van der Waals surface area contributed by atoms with Crippen molar-refractivity contribution < 1.29 is 9.53 Å². The predicted molar refractivity (Wildman–Crippen MR) is 68.1 cm³/mol. The molecule has 0 radical (unpaired) electrons. The second-order valence-corrected chi connectivity index (χ2v) is 4.73. The first-order valence-electron chi connectivity index (χ1n) is 6.37. The molecule has 3 rings (SSSR count). The van der Waals surface area contributed by atoms with Crippen molar-refractivity contribution in [2.24, 2.45) is 0 Å². The molecule has 19 heavy (non-hydrogen) atoms. The van der Waals surface area contributed by atoms with Gasteiger partial charge in [-0.25, -0.2) is 4.52 Å². The molecule has 0 spiro atoms. The van der Waals surface area contributed by atoms with Crippen molar-refractivity contribution in [3.05, 3.63) is 34.0 Å². The van der Waals surface area contributed by atoms with Gasteiger partial charge in [-0.1, -0.05) is 0 Å². The molecule has 6 nitrogen and oxygen atoms in total. The lowest BCUT2D eigenvalue weighted by Crippen LogP contribution is -2.26. The lowest BCUT2D eigenvalue weighted by Gasteiger charge is -2.09. The van der Waals surface area contributed by atoms with Gasteiger partial charge in [-0.3, -0.25) is 9.59 Å². The Morgan fingerprint density at radius 2 is 2.16 bits per heavy atom. The monoisotopic (exact) mass is 261 g/mol. The third-order valence-electron chi connectivity index (χ3n) is 3.56. The Morgan fingerprint density at radius 3 is 2.95 bits per heavy atom. The Hall–Kier alpha value is -2.11. The summed E-state index contributed by atoms with van der Waals surface area (Å²) in [6.45, 7) is -0.0637. The van der Waals surface area contributed by atoms with Crippen LogP contribution in [-0.4, -0.2) is 27.3 Å². The molecule has 0 aromatic carbocycles. The topological polar surface area (TPSA) is 65.6 Å². The number of methoxy groups -OCH3 is 1. The van der Waals surface area contributed by atoms with Crippen LogP contribution in [0.2, 0.25) is 0 Å². The number of ether oxygens (including phenoxy) is 1. The highest BCUT2D eigenvalue weighted by atomic mass is 16.5. The van der Waals surface area contributed by atoms with E-state index in [4.69, 9.17) is 0 Å². The number of rotatable bonds is 2. The number of carbonyl (C=O) groups excluding carboxylic acids is 1. The van der Waals surface area contributed by atoms with E-state index in [1.807, 2.05) is 0 Å². The van der Waals surface area contributed by atoms with Crippen molar-refractivity contribution in [3.8, 4) is 0 Å². The van der Waals surface area contributed by atoms with E-state index in [2.05, 4.69) is 9.84 Å². The van der Waals surface area contributed by atoms with E-state index in [0.717, 1.165) is 36.9 Å². The first kappa shape index (κ1) is 12.0. The quantitative estimate of drug-likeness (QED) is 0.740. The Bertz CT molecular complexity index is 699. The van der Waals surface area contributed by atoms with Gasteiger partial charge in [-0.2, -0.15) is 5.10 Å². The zero-order chi connectivity index (χ0) is 13.4. The van der Waals surface area contributed by atoms with E-state index < -0.39 is 5.97 Å². The number of aromatic nitrogens is 3. The van der Waals surface area contributed by atoms with Crippen LogP contribution in [0.5, 0.6) is 0 Å². The maximum absolute atomic E-state index is 12.4. The number of carbonyl (C=O) groups is 1.